The molecule has 246 valence electrons. The molecule has 0 spiro atoms. The summed E-state index contributed by atoms with van der Waals surface area (Å²) in [5.74, 6) is 0. The molecule has 0 atom stereocenters. The summed E-state index contributed by atoms with van der Waals surface area (Å²) in [5, 5.41) is 0. The molecule has 0 saturated carbocycles. The fourth-order valence-electron chi connectivity index (χ4n) is 5.85. The van der Waals surface area contributed by atoms with E-state index in [2.05, 4.69) is 52.2 Å². The quantitative estimate of drug-likeness (QED) is 0.0569. The Bertz CT molecular complexity index is 470. The summed E-state index contributed by atoms with van der Waals surface area (Å²) in [6.07, 6.45) is 52.7. The van der Waals surface area contributed by atoms with Crippen LogP contribution in [0.1, 0.15) is 206 Å². The molecule has 0 fully saturated rings. The standard InChI is InChI=1S/C39H77N.ClH/c1-5-7-9-11-13-15-17-19-21-23-25-27-29-31-33-35-37-39(40(3)4)38-36-34-32-30-28-26-24-22-20-18-16-14-12-10-8-6-2;/h35-39H,5-34H2,1-4H3;1H. The van der Waals surface area contributed by atoms with Gasteiger partial charge in [0.05, 0.1) is 14.1 Å². The lowest BCUT2D eigenvalue weighted by Crippen LogP contribution is -3.09. The van der Waals surface area contributed by atoms with Crippen molar-refractivity contribution in [1.29, 1.82) is 0 Å². The molecule has 0 aliphatic rings. The Morgan fingerprint density at radius 2 is 0.585 bits per heavy atom. The van der Waals surface area contributed by atoms with E-state index >= 15 is 0 Å². The Kier molecular flexibility index (Phi) is 39.5. The second kappa shape index (κ2) is 37.8. The highest BCUT2D eigenvalue weighted by atomic mass is 35.5. The van der Waals surface area contributed by atoms with Crippen LogP contribution < -0.4 is 17.3 Å². The van der Waals surface area contributed by atoms with E-state index in [1.165, 1.54) is 198 Å². The van der Waals surface area contributed by atoms with Crippen LogP contribution in [0.5, 0.6) is 0 Å². The van der Waals surface area contributed by atoms with E-state index < -0.39 is 0 Å². The molecular formula is C39H78ClN. The van der Waals surface area contributed by atoms with Gasteiger partial charge in [-0.05, 0) is 37.8 Å². The van der Waals surface area contributed by atoms with E-state index in [1.807, 2.05) is 0 Å². The Morgan fingerprint density at radius 1 is 0.366 bits per heavy atom. The summed E-state index contributed by atoms with van der Waals surface area (Å²) in [6.45, 7) is 4.61. The predicted octanol–water partition coefficient (Wildman–Crippen LogP) is 9.36. The fourth-order valence-corrected chi connectivity index (χ4v) is 5.85. The number of hydrogen-bond acceptors (Lipinski definition) is 0. The number of allylic oxidation sites excluding steroid dienone is 2. The van der Waals surface area contributed by atoms with Crippen LogP contribution in [0, 0.1) is 0 Å². The zero-order valence-electron chi connectivity index (χ0n) is 29.0. The zero-order valence-corrected chi connectivity index (χ0v) is 29.7. The first-order valence-electron chi connectivity index (χ1n) is 18.9. The summed E-state index contributed by atoms with van der Waals surface area (Å²) in [7, 11) is 4.58. The van der Waals surface area contributed by atoms with Crippen LogP contribution in [0.15, 0.2) is 24.3 Å². The van der Waals surface area contributed by atoms with Crippen LogP contribution in [0.4, 0.5) is 0 Å². The number of nitrogens with one attached hydrogen (secondary N) is 1. The number of halogens is 1. The highest BCUT2D eigenvalue weighted by molar-refractivity contribution is 5.01. The molecule has 1 nitrogen and oxygen atoms in total. The smallest absolute Gasteiger partial charge is 0.124 e. The van der Waals surface area contributed by atoms with Crippen LogP contribution in [-0.4, -0.2) is 20.1 Å². The predicted molar refractivity (Wildman–Crippen MR) is 185 cm³/mol. The van der Waals surface area contributed by atoms with Crippen LogP contribution in [0.25, 0.3) is 0 Å². The van der Waals surface area contributed by atoms with Crippen molar-refractivity contribution in [2.75, 3.05) is 14.1 Å². The molecule has 0 aliphatic heterocycles. The maximum Gasteiger partial charge on any atom is 0.124 e. The average Bonchev–Trinajstić information content (AvgIpc) is 2.95. The van der Waals surface area contributed by atoms with E-state index in [-0.39, 0.29) is 12.4 Å². The Labute approximate surface area is 267 Å². The first kappa shape index (κ1) is 42.9. The van der Waals surface area contributed by atoms with Crippen molar-refractivity contribution < 1.29 is 17.3 Å². The molecule has 2 heteroatoms. The van der Waals surface area contributed by atoms with Crippen molar-refractivity contribution in [3.05, 3.63) is 24.3 Å². The van der Waals surface area contributed by atoms with Crippen LogP contribution in [0.3, 0.4) is 0 Å². The highest BCUT2D eigenvalue weighted by Crippen LogP contribution is 2.15. The maximum absolute atomic E-state index is 2.46. The van der Waals surface area contributed by atoms with Gasteiger partial charge in [-0.3, -0.25) is 0 Å². The van der Waals surface area contributed by atoms with E-state index in [9.17, 15) is 0 Å². The number of unbranched alkanes of at least 4 members (excludes halogenated alkanes) is 28. The SMILES string of the molecule is CCCCCCCCCCCCCCCCC=CC(C=CCCCCCCCCCCCCCCCC)[NH+](C)C.[Cl-]. The van der Waals surface area contributed by atoms with Crippen LogP contribution in [-0.2, 0) is 0 Å². The van der Waals surface area contributed by atoms with Crippen molar-refractivity contribution in [3.63, 3.8) is 0 Å². The van der Waals surface area contributed by atoms with Crippen LogP contribution >= 0.6 is 0 Å². The molecule has 0 aliphatic carbocycles. The Morgan fingerprint density at radius 3 is 0.805 bits per heavy atom. The van der Waals surface area contributed by atoms with Gasteiger partial charge in [-0.1, -0.05) is 193 Å². The molecule has 0 unspecified atom stereocenters. The fraction of sp³-hybridized carbons (Fsp3) is 0.897. The van der Waals surface area contributed by atoms with E-state index in [4.69, 9.17) is 0 Å². The van der Waals surface area contributed by atoms with Crippen LogP contribution in [0.2, 0.25) is 0 Å². The molecule has 0 aromatic rings. The maximum atomic E-state index is 2.46. The van der Waals surface area contributed by atoms with Gasteiger partial charge >= 0.3 is 0 Å². The van der Waals surface area contributed by atoms with Crippen molar-refractivity contribution in [1.82, 2.24) is 0 Å². The van der Waals surface area contributed by atoms with Gasteiger partial charge in [0.25, 0.3) is 0 Å². The van der Waals surface area contributed by atoms with Gasteiger partial charge in [0.15, 0.2) is 0 Å². The van der Waals surface area contributed by atoms with Gasteiger partial charge in [0, 0.05) is 0 Å². The largest absolute Gasteiger partial charge is 1.00 e. The molecule has 0 bridgehead atoms. The summed E-state index contributed by atoms with van der Waals surface area (Å²) >= 11 is 0. The van der Waals surface area contributed by atoms with Crippen molar-refractivity contribution in [2.45, 2.75) is 213 Å². The van der Waals surface area contributed by atoms with E-state index in [0.717, 1.165) is 0 Å². The Balaban J connectivity index is 0. The van der Waals surface area contributed by atoms with Crippen molar-refractivity contribution >= 4 is 0 Å². The summed E-state index contributed by atoms with van der Waals surface area (Å²) in [6, 6.07) is 0.540. The molecular weight excluding hydrogens is 518 g/mol. The second-order valence-electron chi connectivity index (χ2n) is 13.2. The lowest BCUT2D eigenvalue weighted by Gasteiger charge is -2.14. The highest BCUT2D eigenvalue weighted by Gasteiger charge is 2.05. The molecule has 0 amide bonds. The molecule has 0 aromatic heterocycles. The average molecular weight is 597 g/mol. The van der Waals surface area contributed by atoms with E-state index in [1.54, 1.807) is 0 Å². The summed E-state index contributed by atoms with van der Waals surface area (Å²) in [4.78, 5) is 1.52. The number of quaternary nitrogens is 1. The Hall–Kier alpha value is -0.270. The topological polar surface area (TPSA) is 4.44 Å². The normalized spacial score (nSPS) is 12.6. The minimum absolute atomic E-state index is 0. The summed E-state index contributed by atoms with van der Waals surface area (Å²) in [5.41, 5.74) is 0. The second-order valence-corrected chi connectivity index (χ2v) is 13.2. The van der Waals surface area contributed by atoms with E-state index in [0.29, 0.717) is 6.04 Å². The van der Waals surface area contributed by atoms with Gasteiger partial charge in [-0.15, -0.1) is 0 Å². The van der Waals surface area contributed by atoms with Crippen molar-refractivity contribution in [3.8, 4) is 0 Å². The number of hydrogen-bond donors (Lipinski definition) is 1. The van der Waals surface area contributed by atoms with Gasteiger partial charge < -0.3 is 17.3 Å². The lowest BCUT2D eigenvalue weighted by atomic mass is 10.0. The molecule has 0 saturated heterocycles. The van der Waals surface area contributed by atoms with Gasteiger partial charge in [0.1, 0.15) is 6.04 Å². The first-order chi connectivity index (χ1) is 19.7. The van der Waals surface area contributed by atoms with Gasteiger partial charge in [-0.2, -0.15) is 0 Å². The van der Waals surface area contributed by atoms with Gasteiger partial charge in [0.2, 0.25) is 0 Å². The minimum Gasteiger partial charge on any atom is -1.00 e. The molecule has 0 rings (SSSR count). The third-order valence-corrected chi connectivity index (χ3v) is 8.80. The molecule has 0 radical (unpaired) electrons. The molecule has 41 heavy (non-hydrogen) atoms. The monoisotopic (exact) mass is 596 g/mol. The number of likely N-dealkylation sites (N-methyl/N-ethyl adjacent to an activating group) is 1. The lowest BCUT2D eigenvalue weighted by molar-refractivity contribution is -0.871. The number of rotatable bonds is 33. The third-order valence-electron chi connectivity index (χ3n) is 8.80. The third kappa shape index (κ3) is 35.8. The zero-order chi connectivity index (χ0) is 29.2. The first-order valence-corrected chi connectivity index (χ1v) is 18.9. The minimum atomic E-state index is 0. The molecule has 0 aromatic carbocycles. The molecule has 0 heterocycles. The summed E-state index contributed by atoms with van der Waals surface area (Å²) < 4.78 is 0. The van der Waals surface area contributed by atoms with Crippen molar-refractivity contribution in [2.24, 2.45) is 0 Å². The molecule has 1 N–H and O–H groups in total. The van der Waals surface area contributed by atoms with Gasteiger partial charge in [-0.25, -0.2) is 0 Å².